The number of halogens is 1. The lowest BCUT2D eigenvalue weighted by Crippen LogP contribution is -2.43. The summed E-state index contributed by atoms with van der Waals surface area (Å²) in [7, 11) is 0. The normalized spacial score (nSPS) is 37.3. The predicted octanol–water partition coefficient (Wildman–Crippen LogP) is 6.14. The number of hydrogen-bond acceptors (Lipinski definition) is 2. The van der Waals surface area contributed by atoms with Gasteiger partial charge in [-0.05, 0) is 117 Å². The van der Waals surface area contributed by atoms with Gasteiger partial charge in [0.2, 0.25) is 0 Å². The molecule has 0 heterocycles. The third-order valence-corrected chi connectivity index (χ3v) is 10.5. The number of fused-ring (bicyclic) bond motifs is 2. The van der Waals surface area contributed by atoms with Crippen LogP contribution >= 0.6 is 11.6 Å². The molecule has 2 N–H and O–H groups in total. The smallest absolute Gasteiger partial charge is 0.252 e. The van der Waals surface area contributed by atoms with Gasteiger partial charge in [0.1, 0.15) is 0 Å². The average molecular weight is 455 g/mol. The van der Waals surface area contributed by atoms with Crippen LogP contribution in [0.15, 0.2) is 18.2 Å². The van der Waals surface area contributed by atoms with Gasteiger partial charge in [0.25, 0.3) is 5.91 Å². The number of benzene rings is 1. The van der Waals surface area contributed by atoms with Gasteiger partial charge in [-0.15, -0.1) is 0 Å². The summed E-state index contributed by atoms with van der Waals surface area (Å²) in [6.07, 6.45) is 17.4. The van der Waals surface area contributed by atoms with Crippen LogP contribution in [0, 0.1) is 28.6 Å². The Labute approximate surface area is 198 Å². The molecule has 5 aliphatic rings. The number of amides is 1. The van der Waals surface area contributed by atoms with Crippen LogP contribution in [0.1, 0.15) is 93.0 Å². The van der Waals surface area contributed by atoms with E-state index in [1.807, 2.05) is 12.1 Å². The van der Waals surface area contributed by atoms with E-state index in [0.717, 1.165) is 43.7 Å². The van der Waals surface area contributed by atoms with Crippen LogP contribution in [0.4, 0.5) is 0 Å². The highest BCUT2D eigenvalue weighted by Gasteiger charge is 2.70. The van der Waals surface area contributed by atoms with E-state index in [4.69, 9.17) is 11.6 Å². The van der Waals surface area contributed by atoms with Gasteiger partial charge >= 0.3 is 0 Å². The molecular weight excluding hydrogens is 416 g/mol. The van der Waals surface area contributed by atoms with Crippen molar-refractivity contribution in [2.45, 2.75) is 89.5 Å². The fourth-order valence-corrected chi connectivity index (χ4v) is 9.12. The van der Waals surface area contributed by atoms with Crippen LogP contribution in [0.2, 0.25) is 5.02 Å². The minimum Gasteiger partial charge on any atom is -0.351 e. The summed E-state index contributed by atoms with van der Waals surface area (Å²) < 4.78 is 0. The number of carbonyl (C=O) groups excluding carboxylic acids is 1. The van der Waals surface area contributed by atoms with E-state index >= 15 is 0 Å². The van der Waals surface area contributed by atoms with Crippen molar-refractivity contribution < 1.29 is 4.79 Å². The molecule has 1 aromatic rings. The first-order valence-corrected chi connectivity index (χ1v) is 13.7. The van der Waals surface area contributed by atoms with Crippen LogP contribution < -0.4 is 10.6 Å². The summed E-state index contributed by atoms with van der Waals surface area (Å²) >= 11 is 6.46. The predicted molar refractivity (Wildman–Crippen MR) is 130 cm³/mol. The van der Waals surface area contributed by atoms with E-state index in [0.29, 0.717) is 27.5 Å². The van der Waals surface area contributed by atoms with Crippen molar-refractivity contribution in [2.24, 2.45) is 28.6 Å². The minimum atomic E-state index is 0.0257. The highest BCUT2D eigenvalue weighted by atomic mass is 35.5. The Hall–Kier alpha value is -1.06. The fraction of sp³-hybridized carbons (Fsp3) is 0.750. The molecule has 0 aromatic heterocycles. The zero-order valence-electron chi connectivity index (χ0n) is 19.4. The standard InChI is InChI=1S/C28H39ClN2O/c29-25-9-8-19(5-4-10-30-23-6-2-1-3-7-23)12-24(25)26(32)31-18-27-14-20-11-21-13-22(16-27)28(21,15-20)17-27/h8-9,12,20-23,30H,1-7,10-11,13-18H2,(H,31,32). The van der Waals surface area contributed by atoms with Crippen molar-refractivity contribution in [3.63, 3.8) is 0 Å². The Morgan fingerprint density at radius 1 is 1.06 bits per heavy atom. The second-order valence-electron chi connectivity index (χ2n) is 12.1. The molecule has 1 amide bonds. The molecule has 6 rings (SSSR count). The van der Waals surface area contributed by atoms with Gasteiger partial charge in [-0.1, -0.05) is 36.9 Å². The first-order valence-electron chi connectivity index (χ1n) is 13.4. The molecule has 5 atom stereocenters. The van der Waals surface area contributed by atoms with Gasteiger partial charge in [0, 0.05) is 12.6 Å². The second kappa shape index (κ2) is 8.31. The third kappa shape index (κ3) is 3.72. The van der Waals surface area contributed by atoms with E-state index in [2.05, 4.69) is 16.7 Å². The highest BCUT2D eigenvalue weighted by molar-refractivity contribution is 6.33. The first kappa shape index (κ1) is 21.5. The van der Waals surface area contributed by atoms with Crippen LogP contribution in [0.5, 0.6) is 0 Å². The van der Waals surface area contributed by atoms with E-state index in [1.165, 1.54) is 76.2 Å². The van der Waals surface area contributed by atoms with Gasteiger partial charge in [0.15, 0.2) is 0 Å². The lowest BCUT2D eigenvalue weighted by atomic mass is 9.55. The summed E-state index contributed by atoms with van der Waals surface area (Å²) in [5.74, 6) is 2.91. The Balaban J connectivity index is 1.03. The van der Waals surface area contributed by atoms with Gasteiger partial charge in [-0.2, -0.15) is 0 Å². The molecule has 0 aliphatic heterocycles. The molecule has 1 aromatic carbocycles. The molecule has 5 aliphatic carbocycles. The molecule has 32 heavy (non-hydrogen) atoms. The zero-order chi connectivity index (χ0) is 21.8. The molecule has 3 bridgehead atoms. The quantitative estimate of drug-likeness (QED) is 0.463. The molecule has 3 nitrogen and oxygen atoms in total. The van der Waals surface area contributed by atoms with Gasteiger partial charge < -0.3 is 10.6 Å². The Morgan fingerprint density at radius 2 is 1.94 bits per heavy atom. The number of carbonyl (C=O) groups is 1. The SMILES string of the molecule is O=C(NCC12CC3CC4CC(C1)C4(C3)C2)c1cc(CCCNC2CCCCC2)ccc1Cl. The highest BCUT2D eigenvalue weighted by Crippen LogP contribution is 2.78. The summed E-state index contributed by atoms with van der Waals surface area (Å²) in [4.78, 5) is 13.1. The first-order chi connectivity index (χ1) is 15.6. The van der Waals surface area contributed by atoms with Crippen LogP contribution in [0.25, 0.3) is 0 Å². The van der Waals surface area contributed by atoms with Crippen LogP contribution in [-0.4, -0.2) is 25.0 Å². The topological polar surface area (TPSA) is 41.1 Å². The van der Waals surface area contributed by atoms with Crippen molar-refractivity contribution in [1.82, 2.24) is 10.6 Å². The van der Waals surface area contributed by atoms with Gasteiger partial charge in [-0.25, -0.2) is 0 Å². The van der Waals surface area contributed by atoms with Crippen LogP contribution in [-0.2, 0) is 6.42 Å². The molecule has 4 heteroatoms. The average Bonchev–Trinajstić information content (AvgIpc) is 3.12. The summed E-state index contributed by atoms with van der Waals surface area (Å²) in [5.41, 5.74) is 2.93. The van der Waals surface area contributed by atoms with E-state index in [-0.39, 0.29) is 5.91 Å². The Bertz CT molecular complexity index is 876. The number of aryl methyl sites for hydroxylation is 1. The van der Waals surface area contributed by atoms with Crippen molar-refractivity contribution in [3.05, 3.63) is 34.3 Å². The van der Waals surface area contributed by atoms with E-state index in [9.17, 15) is 4.79 Å². The molecular formula is C28H39ClN2O. The second-order valence-corrected chi connectivity index (χ2v) is 12.6. The molecule has 5 fully saturated rings. The lowest BCUT2D eigenvalue weighted by molar-refractivity contribution is -0.00253. The van der Waals surface area contributed by atoms with Gasteiger partial charge in [0.05, 0.1) is 10.6 Å². The summed E-state index contributed by atoms with van der Waals surface area (Å²) in [6, 6.07) is 6.75. The van der Waals surface area contributed by atoms with Crippen molar-refractivity contribution >= 4 is 17.5 Å². The maximum absolute atomic E-state index is 13.1. The molecule has 1 spiro atoms. The van der Waals surface area contributed by atoms with Gasteiger partial charge in [-0.3, -0.25) is 4.79 Å². The zero-order valence-corrected chi connectivity index (χ0v) is 20.2. The molecule has 5 saturated carbocycles. The molecule has 0 radical (unpaired) electrons. The minimum absolute atomic E-state index is 0.0257. The van der Waals surface area contributed by atoms with Crippen molar-refractivity contribution in [3.8, 4) is 0 Å². The number of nitrogens with one attached hydrogen (secondary N) is 2. The monoisotopic (exact) mass is 454 g/mol. The van der Waals surface area contributed by atoms with E-state index < -0.39 is 0 Å². The maximum Gasteiger partial charge on any atom is 0.252 e. The Kier molecular flexibility index (Phi) is 5.57. The molecule has 174 valence electrons. The van der Waals surface area contributed by atoms with Crippen LogP contribution in [0.3, 0.4) is 0 Å². The number of hydrogen-bond donors (Lipinski definition) is 2. The summed E-state index contributed by atoms with van der Waals surface area (Å²) in [5, 5.41) is 7.64. The maximum atomic E-state index is 13.1. The molecule has 0 saturated heterocycles. The van der Waals surface area contributed by atoms with Crippen molar-refractivity contribution in [1.29, 1.82) is 0 Å². The van der Waals surface area contributed by atoms with Crippen molar-refractivity contribution in [2.75, 3.05) is 13.1 Å². The third-order valence-electron chi connectivity index (χ3n) is 10.2. The summed E-state index contributed by atoms with van der Waals surface area (Å²) in [6.45, 7) is 1.90. The Morgan fingerprint density at radius 3 is 2.81 bits per heavy atom. The van der Waals surface area contributed by atoms with E-state index in [1.54, 1.807) is 0 Å². The molecule has 5 unspecified atom stereocenters. The lowest BCUT2D eigenvalue weighted by Gasteiger charge is -2.49. The number of rotatable bonds is 8. The largest absolute Gasteiger partial charge is 0.351 e. The fourth-order valence-electron chi connectivity index (χ4n) is 8.91.